The molecule has 0 saturated carbocycles. The SMILES string of the molecule is CCCCn1c(=O)cc(CCC)[nH]c1=O. The van der Waals surface area contributed by atoms with Crippen LogP contribution in [0.25, 0.3) is 0 Å². The summed E-state index contributed by atoms with van der Waals surface area (Å²) in [5.74, 6) is 0. The molecule has 0 unspecified atom stereocenters. The molecule has 1 N–H and O–H groups in total. The van der Waals surface area contributed by atoms with Gasteiger partial charge in [0.1, 0.15) is 0 Å². The highest BCUT2D eigenvalue weighted by atomic mass is 16.2. The Morgan fingerprint density at radius 3 is 2.53 bits per heavy atom. The second-order valence-electron chi connectivity index (χ2n) is 3.69. The Labute approximate surface area is 89.0 Å². The molecule has 0 spiro atoms. The van der Waals surface area contributed by atoms with Crippen molar-refractivity contribution in [2.45, 2.75) is 46.1 Å². The molecule has 4 nitrogen and oxygen atoms in total. The van der Waals surface area contributed by atoms with E-state index in [1.54, 1.807) is 0 Å². The highest BCUT2D eigenvalue weighted by molar-refractivity contribution is 4.99. The van der Waals surface area contributed by atoms with Crippen molar-refractivity contribution in [1.82, 2.24) is 9.55 Å². The quantitative estimate of drug-likeness (QED) is 0.796. The standard InChI is InChI=1S/C11H18N2O2/c1-3-5-7-13-10(14)8-9(6-4-2)12-11(13)15/h8H,3-7H2,1-2H3,(H,12,15). The Balaban J connectivity index is 2.99. The molecule has 0 bridgehead atoms. The molecule has 0 aliphatic heterocycles. The molecule has 0 atom stereocenters. The third kappa shape index (κ3) is 3.08. The molecular weight excluding hydrogens is 192 g/mol. The smallest absolute Gasteiger partial charge is 0.311 e. The lowest BCUT2D eigenvalue weighted by molar-refractivity contribution is 0.578. The fourth-order valence-electron chi connectivity index (χ4n) is 1.50. The van der Waals surface area contributed by atoms with Gasteiger partial charge in [0.25, 0.3) is 5.56 Å². The Morgan fingerprint density at radius 1 is 1.27 bits per heavy atom. The predicted molar refractivity (Wildman–Crippen MR) is 60.2 cm³/mol. The molecule has 15 heavy (non-hydrogen) atoms. The number of hydrogen-bond acceptors (Lipinski definition) is 2. The summed E-state index contributed by atoms with van der Waals surface area (Å²) in [7, 11) is 0. The lowest BCUT2D eigenvalue weighted by Crippen LogP contribution is -2.35. The molecule has 4 heteroatoms. The Morgan fingerprint density at radius 2 is 2.00 bits per heavy atom. The molecule has 0 saturated heterocycles. The van der Waals surface area contributed by atoms with E-state index in [0.29, 0.717) is 6.54 Å². The van der Waals surface area contributed by atoms with Crippen LogP contribution < -0.4 is 11.2 Å². The maximum atomic E-state index is 11.6. The van der Waals surface area contributed by atoms with Gasteiger partial charge in [0, 0.05) is 18.3 Å². The Bertz CT molecular complexity index is 386. The third-order valence-electron chi connectivity index (χ3n) is 2.33. The van der Waals surface area contributed by atoms with Crippen molar-refractivity contribution in [3.63, 3.8) is 0 Å². The molecule has 1 rings (SSSR count). The molecule has 0 amide bonds. The first kappa shape index (κ1) is 11.8. The van der Waals surface area contributed by atoms with E-state index in [1.165, 1.54) is 10.6 Å². The number of aryl methyl sites for hydroxylation is 1. The first-order valence-corrected chi connectivity index (χ1v) is 5.52. The highest BCUT2D eigenvalue weighted by Crippen LogP contribution is 1.93. The summed E-state index contributed by atoms with van der Waals surface area (Å²) < 4.78 is 1.27. The maximum Gasteiger partial charge on any atom is 0.328 e. The molecule has 1 heterocycles. The van der Waals surface area contributed by atoms with Gasteiger partial charge < -0.3 is 4.98 Å². The normalized spacial score (nSPS) is 10.5. The zero-order valence-electron chi connectivity index (χ0n) is 9.38. The summed E-state index contributed by atoms with van der Waals surface area (Å²) in [6.45, 7) is 4.56. The van der Waals surface area contributed by atoms with Crippen molar-refractivity contribution in [1.29, 1.82) is 0 Å². The minimum Gasteiger partial charge on any atom is -0.311 e. The number of rotatable bonds is 5. The lowest BCUT2D eigenvalue weighted by atomic mass is 10.2. The summed E-state index contributed by atoms with van der Waals surface area (Å²) in [4.78, 5) is 25.9. The monoisotopic (exact) mass is 210 g/mol. The van der Waals surface area contributed by atoms with Gasteiger partial charge in [0.15, 0.2) is 0 Å². The van der Waals surface area contributed by atoms with Gasteiger partial charge in [-0.25, -0.2) is 4.79 Å². The van der Waals surface area contributed by atoms with Crippen LogP contribution in [-0.2, 0) is 13.0 Å². The van der Waals surface area contributed by atoms with E-state index in [1.807, 2.05) is 13.8 Å². The van der Waals surface area contributed by atoms with E-state index in [4.69, 9.17) is 0 Å². The first-order chi connectivity index (χ1) is 7.19. The summed E-state index contributed by atoms with van der Waals surface area (Å²) >= 11 is 0. The van der Waals surface area contributed by atoms with Crippen LogP contribution in [-0.4, -0.2) is 9.55 Å². The molecule has 0 aliphatic rings. The van der Waals surface area contributed by atoms with E-state index in [-0.39, 0.29) is 11.2 Å². The van der Waals surface area contributed by atoms with Crippen LogP contribution in [0.4, 0.5) is 0 Å². The van der Waals surface area contributed by atoms with Crippen LogP contribution in [0.5, 0.6) is 0 Å². The number of aromatic nitrogens is 2. The molecular formula is C11H18N2O2. The highest BCUT2D eigenvalue weighted by Gasteiger charge is 2.02. The molecule has 0 fully saturated rings. The van der Waals surface area contributed by atoms with Gasteiger partial charge in [-0.2, -0.15) is 0 Å². The number of aromatic amines is 1. The number of unbranched alkanes of at least 4 members (excludes halogenated alkanes) is 1. The fraction of sp³-hybridized carbons (Fsp3) is 0.636. The van der Waals surface area contributed by atoms with Crippen molar-refractivity contribution < 1.29 is 0 Å². The average molecular weight is 210 g/mol. The van der Waals surface area contributed by atoms with Crippen molar-refractivity contribution in [2.75, 3.05) is 0 Å². The number of H-pyrrole nitrogens is 1. The van der Waals surface area contributed by atoms with E-state index in [9.17, 15) is 9.59 Å². The fourth-order valence-corrected chi connectivity index (χ4v) is 1.50. The second-order valence-corrected chi connectivity index (χ2v) is 3.69. The maximum absolute atomic E-state index is 11.6. The number of nitrogens with one attached hydrogen (secondary N) is 1. The van der Waals surface area contributed by atoms with Gasteiger partial charge >= 0.3 is 5.69 Å². The Kier molecular flexibility index (Phi) is 4.34. The van der Waals surface area contributed by atoms with E-state index in [2.05, 4.69) is 4.98 Å². The topological polar surface area (TPSA) is 54.9 Å². The van der Waals surface area contributed by atoms with Crippen LogP contribution >= 0.6 is 0 Å². The summed E-state index contributed by atoms with van der Waals surface area (Å²) in [6, 6.07) is 1.53. The van der Waals surface area contributed by atoms with E-state index < -0.39 is 0 Å². The van der Waals surface area contributed by atoms with Crippen molar-refractivity contribution in [3.8, 4) is 0 Å². The second kappa shape index (κ2) is 5.53. The summed E-state index contributed by atoms with van der Waals surface area (Å²) in [6.07, 6.45) is 3.51. The van der Waals surface area contributed by atoms with Crippen molar-refractivity contribution >= 4 is 0 Å². The minimum atomic E-state index is -0.278. The first-order valence-electron chi connectivity index (χ1n) is 5.52. The zero-order valence-corrected chi connectivity index (χ0v) is 9.38. The third-order valence-corrected chi connectivity index (χ3v) is 2.33. The molecule has 1 aromatic rings. The zero-order chi connectivity index (χ0) is 11.3. The van der Waals surface area contributed by atoms with Crippen LogP contribution in [0.1, 0.15) is 38.8 Å². The van der Waals surface area contributed by atoms with Crippen molar-refractivity contribution in [3.05, 3.63) is 32.6 Å². The van der Waals surface area contributed by atoms with E-state index in [0.717, 1.165) is 31.4 Å². The summed E-state index contributed by atoms with van der Waals surface area (Å²) in [5, 5.41) is 0. The lowest BCUT2D eigenvalue weighted by Gasteiger charge is -2.04. The van der Waals surface area contributed by atoms with Gasteiger partial charge in [-0.1, -0.05) is 26.7 Å². The average Bonchev–Trinajstić information content (AvgIpc) is 2.17. The molecule has 0 radical (unpaired) electrons. The number of hydrogen-bond donors (Lipinski definition) is 1. The molecule has 0 aliphatic carbocycles. The van der Waals surface area contributed by atoms with Gasteiger partial charge in [-0.05, 0) is 12.8 Å². The van der Waals surface area contributed by atoms with Crippen LogP contribution in [0.2, 0.25) is 0 Å². The largest absolute Gasteiger partial charge is 0.328 e. The van der Waals surface area contributed by atoms with Crippen LogP contribution in [0, 0.1) is 0 Å². The van der Waals surface area contributed by atoms with Gasteiger partial charge in [0.05, 0.1) is 0 Å². The van der Waals surface area contributed by atoms with Crippen molar-refractivity contribution in [2.24, 2.45) is 0 Å². The molecule has 0 aromatic carbocycles. The Hall–Kier alpha value is -1.32. The predicted octanol–water partition coefficient (Wildman–Crippen LogP) is 1.29. The van der Waals surface area contributed by atoms with Gasteiger partial charge in [0.2, 0.25) is 0 Å². The van der Waals surface area contributed by atoms with Crippen LogP contribution in [0.15, 0.2) is 15.7 Å². The van der Waals surface area contributed by atoms with E-state index >= 15 is 0 Å². The van der Waals surface area contributed by atoms with Gasteiger partial charge in [-0.3, -0.25) is 9.36 Å². The summed E-state index contributed by atoms with van der Waals surface area (Å²) in [5.41, 5.74) is 0.273. The molecule has 84 valence electrons. The minimum absolute atomic E-state index is 0.185. The number of nitrogens with zero attached hydrogens (tertiary/aromatic N) is 1. The molecule has 1 aromatic heterocycles. The van der Waals surface area contributed by atoms with Gasteiger partial charge in [-0.15, -0.1) is 0 Å². The van der Waals surface area contributed by atoms with Crippen LogP contribution in [0.3, 0.4) is 0 Å².